The average molecular weight is 603 g/mol. The quantitative estimate of drug-likeness (QED) is 0.176. The molecule has 4 rings (SSSR count). The van der Waals surface area contributed by atoms with Crippen LogP contribution in [-0.4, -0.2) is 71.1 Å². The molecule has 10 heteroatoms. The summed E-state index contributed by atoms with van der Waals surface area (Å²) in [6.45, 7) is 5.40. The highest BCUT2D eigenvalue weighted by molar-refractivity contribution is 6.04. The number of alkyl carbamates (subject to hydrolysis) is 1. The lowest BCUT2D eigenvalue weighted by atomic mass is 9.99. The Bertz CT molecular complexity index is 1400. The predicted octanol–water partition coefficient (Wildman–Crippen LogP) is 2.65. The molecule has 0 aliphatic carbocycles. The molecule has 0 bridgehead atoms. The molecule has 1 unspecified atom stereocenters. The molecule has 6 N–H and O–H groups in total. The molecule has 0 saturated carbocycles. The number of hydrogen-bond donors (Lipinski definition) is 6. The summed E-state index contributed by atoms with van der Waals surface area (Å²) in [4.78, 5) is 38.3. The van der Waals surface area contributed by atoms with Gasteiger partial charge in [0.2, 0.25) is 5.91 Å². The highest BCUT2D eigenvalue weighted by Crippen LogP contribution is 2.25. The number of amides is 3. The van der Waals surface area contributed by atoms with Crippen LogP contribution in [0.2, 0.25) is 0 Å². The Morgan fingerprint density at radius 1 is 0.795 bits per heavy atom. The number of nitrogens with one attached hydrogen (secondary N) is 4. The maximum atomic E-state index is 13.4. The van der Waals surface area contributed by atoms with E-state index >= 15 is 0 Å². The zero-order valence-electron chi connectivity index (χ0n) is 25.3. The van der Waals surface area contributed by atoms with Crippen molar-refractivity contribution in [2.75, 3.05) is 13.1 Å². The van der Waals surface area contributed by atoms with Crippen molar-refractivity contribution in [3.63, 3.8) is 0 Å². The molecule has 3 aromatic rings. The third-order valence-electron chi connectivity index (χ3n) is 7.32. The first kappa shape index (κ1) is 32.7. The number of benzene rings is 3. The fourth-order valence-electron chi connectivity index (χ4n) is 5.14. The first-order valence-electron chi connectivity index (χ1n) is 14.8. The molecule has 1 aliphatic heterocycles. The minimum Gasteiger partial charge on any atom is -0.444 e. The third-order valence-corrected chi connectivity index (χ3v) is 7.32. The van der Waals surface area contributed by atoms with E-state index in [1.807, 2.05) is 60.7 Å². The van der Waals surface area contributed by atoms with Crippen LogP contribution >= 0.6 is 0 Å². The van der Waals surface area contributed by atoms with E-state index in [0.717, 1.165) is 11.1 Å². The zero-order chi connectivity index (χ0) is 31.7. The molecule has 1 aliphatic rings. The van der Waals surface area contributed by atoms with Crippen molar-refractivity contribution in [1.82, 2.24) is 21.3 Å². The van der Waals surface area contributed by atoms with Gasteiger partial charge in [0.05, 0.1) is 24.3 Å². The summed E-state index contributed by atoms with van der Waals surface area (Å²) in [5.74, 6) is -0.741. The third kappa shape index (κ3) is 9.37. The molecule has 5 atom stereocenters. The molecule has 10 nitrogen and oxygen atoms in total. The van der Waals surface area contributed by atoms with Crippen molar-refractivity contribution < 1.29 is 29.3 Å². The predicted molar refractivity (Wildman–Crippen MR) is 167 cm³/mol. The summed E-state index contributed by atoms with van der Waals surface area (Å²) in [5.41, 5.74) is 2.19. The van der Waals surface area contributed by atoms with Crippen LogP contribution in [0.5, 0.6) is 0 Å². The van der Waals surface area contributed by atoms with Crippen LogP contribution in [0.15, 0.2) is 84.9 Å². The normalized spacial score (nSPS) is 17.0. The van der Waals surface area contributed by atoms with Crippen molar-refractivity contribution >= 4 is 17.9 Å². The van der Waals surface area contributed by atoms with Gasteiger partial charge in [-0.05, 0) is 56.4 Å². The molecule has 0 saturated heterocycles. The summed E-state index contributed by atoms with van der Waals surface area (Å²) in [6.07, 6.45) is -1.97. The summed E-state index contributed by atoms with van der Waals surface area (Å²) in [5, 5.41) is 33.8. The Hall–Kier alpha value is -4.25. The number of fused-ring (bicyclic) bond motifs is 1. The molecule has 44 heavy (non-hydrogen) atoms. The molecule has 0 radical (unpaired) electrons. The standard InChI is InChI=1S/C34H42N4O6/c1-34(2,3)44-33(43)37-27(19-23-14-8-5-9-15-23)29(40)21-35-20-28(39)26(18-22-12-6-4-7-13-22)36-32(42)30-24-16-10-11-17-25(24)31(41)38-30/h4-17,26-30,35,39-40H,18-21H2,1-3H3,(H,36,42)(H,37,43)(H,38,41)/t26-,27-,28+,29+,30?/m0/s1. The Labute approximate surface area is 258 Å². The Morgan fingerprint density at radius 3 is 1.84 bits per heavy atom. The van der Waals surface area contributed by atoms with E-state index in [9.17, 15) is 24.6 Å². The summed E-state index contributed by atoms with van der Waals surface area (Å²) in [6, 6.07) is 23.7. The number of aliphatic hydroxyl groups is 2. The van der Waals surface area contributed by atoms with Gasteiger partial charge in [0.15, 0.2) is 0 Å². The summed E-state index contributed by atoms with van der Waals surface area (Å²) < 4.78 is 5.41. The Balaban J connectivity index is 1.40. The summed E-state index contributed by atoms with van der Waals surface area (Å²) >= 11 is 0. The fourth-order valence-corrected chi connectivity index (χ4v) is 5.14. The van der Waals surface area contributed by atoms with E-state index < -0.39 is 47.9 Å². The number of aliphatic hydroxyl groups excluding tert-OH is 2. The Morgan fingerprint density at radius 2 is 1.30 bits per heavy atom. The van der Waals surface area contributed by atoms with Crippen molar-refractivity contribution in [2.45, 2.75) is 69.5 Å². The van der Waals surface area contributed by atoms with Crippen molar-refractivity contribution in [3.05, 3.63) is 107 Å². The second-order valence-corrected chi connectivity index (χ2v) is 12.0. The largest absolute Gasteiger partial charge is 0.444 e. The van der Waals surface area contributed by atoms with Gasteiger partial charge >= 0.3 is 6.09 Å². The second-order valence-electron chi connectivity index (χ2n) is 12.0. The van der Waals surface area contributed by atoms with E-state index in [-0.39, 0.29) is 19.0 Å². The molecule has 3 amide bonds. The number of ether oxygens (including phenoxy) is 1. The lowest BCUT2D eigenvalue weighted by Crippen LogP contribution is -2.53. The number of carbonyl (C=O) groups is 3. The van der Waals surface area contributed by atoms with Gasteiger partial charge in [0.25, 0.3) is 5.91 Å². The van der Waals surface area contributed by atoms with Crippen LogP contribution in [0.1, 0.15) is 53.9 Å². The zero-order valence-corrected chi connectivity index (χ0v) is 25.3. The smallest absolute Gasteiger partial charge is 0.407 e. The van der Waals surface area contributed by atoms with Gasteiger partial charge in [0, 0.05) is 18.7 Å². The van der Waals surface area contributed by atoms with E-state index in [1.54, 1.807) is 45.0 Å². The Kier molecular flexibility index (Phi) is 11.1. The minimum absolute atomic E-state index is 0.0486. The first-order chi connectivity index (χ1) is 21.0. The number of hydrogen-bond acceptors (Lipinski definition) is 7. The van der Waals surface area contributed by atoms with Gasteiger partial charge in [-0.25, -0.2) is 4.79 Å². The minimum atomic E-state index is -1.04. The monoisotopic (exact) mass is 602 g/mol. The highest BCUT2D eigenvalue weighted by atomic mass is 16.6. The van der Waals surface area contributed by atoms with Gasteiger partial charge in [-0.1, -0.05) is 78.9 Å². The maximum Gasteiger partial charge on any atom is 0.407 e. The molecular weight excluding hydrogens is 560 g/mol. The average Bonchev–Trinajstić information content (AvgIpc) is 3.33. The van der Waals surface area contributed by atoms with Crippen LogP contribution in [0.25, 0.3) is 0 Å². The van der Waals surface area contributed by atoms with E-state index in [0.29, 0.717) is 24.0 Å². The molecule has 3 aromatic carbocycles. The van der Waals surface area contributed by atoms with Crippen LogP contribution in [0, 0.1) is 0 Å². The lowest BCUT2D eigenvalue weighted by molar-refractivity contribution is -0.124. The second kappa shape index (κ2) is 15.0. The van der Waals surface area contributed by atoms with Crippen LogP contribution in [0.4, 0.5) is 4.79 Å². The van der Waals surface area contributed by atoms with E-state index in [2.05, 4.69) is 21.3 Å². The van der Waals surface area contributed by atoms with Crippen molar-refractivity contribution in [1.29, 1.82) is 0 Å². The number of rotatable bonds is 13. The number of carbonyl (C=O) groups excluding carboxylic acids is 3. The molecule has 0 spiro atoms. The maximum absolute atomic E-state index is 13.4. The fraction of sp³-hybridized carbons (Fsp3) is 0.382. The highest BCUT2D eigenvalue weighted by Gasteiger charge is 2.35. The lowest BCUT2D eigenvalue weighted by Gasteiger charge is -2.29. The topological polar surface area (TPSA) is 149 Å². The first-order valence-corrected chi connectivity index (χ1v) is 14.8. The van der Waals surface area contributed by atoms with Crippen LogP contribution in [0.3, 0.4) is 0 Å². The molecule has 1 heterocycles. The molecular formula is C34H42N4O6. The SMILES string of the molecule is CC(C)(C)OC(=O)N[C@@H](Cc1ccccc1)[C@H](O)CNC[C@@H](O)[C@H](Cc1ccccc1)NC(=O)C1NC(=O)c2ccccc21. The van der Waals surface area contributed by atoms with Crippen LogP contribution in [-0.2, 0) is 22.4 Å². The van der Waals surface area contributed by atoms with Crippen LogP contribution < -0.4 is 21.3 Å². The summed E-state index contributed by atoms with van der Waals surface area (Å²) in [7, 11) is 0. The molecule has 0 aromatic heterocycles. The van der Waals surface area contributed by atoms with Gasteiger partial charge in [-0.15, -0.1) is 0 Å². The van der Waals surface area contributed by atoms with Gasteiger partial charge in [-0.2, -0.15) is 0 Å². The van der Waals surface area contributed by atoms with E-state index in [4.69, 9.17) is 4.74 Å². The van der Waals surface area contributed by atoms with Crippen molar-refractivity contribution in [2.24, 2.45) is 0 Å². The van der Waals surface area contributed by atoms with Crippen molar-refractivity contribution in [3.8, 4) is 0 Å². The van der Waals surface area contributed by atoms with Gasteiger partial charge in [-0.3, -0.25) is 9.59 Å². The van der Waals surface area contributed by atoms with Gasteiger partial charge < -0.3 is 36.2 Å². The molecule has 0 fully saturated rings. The molecule has 234 valence electrons. The van der Waals surface area contributed by atoms with Gasteiger partial charge in [0.1, 0.15) is 11.6 Å². The van der Waals surface area contributed by atoms with E-state index in [1.165, 1.54) is 0 Å².